The van der Waals surface area contributed by atoms with Crippen molar-refractivity contribution >= 4 is 45.3 Å². The summed E-state index contributed by atoms with van der Waals surface area (Å²) < 4.78 is 0. The van der Waals surface area contributed by atoms with E-state index >= 15 is 0 Å². The monoisotopic (exact) mass is 580 g/mol. The lowest BCUT2D eigenvalue weighted by Gasteiger charge is -2.28. The molecule has 4 unspecified atom stereocenters. The van der Waals surface area contributed by atoms with Crippen LogP contribution in [0.4, 0.5) is 0 Å². The van der Waals surface area contributed by atoms with Crippen LogP contribution in [-0.4, -0.2) is 0 Å². The smallest absolute Gasteiger partial charge is 0.0542 e. The van der Waals surface area contributed by atoms with Gasteiger partial charge in [0.15, 0.2) is 0 Å². The van der Waals surface area contributed by atoms with Crippen molar-refractivity contribution in [2.75, 3.05) is 0 Å². The van der Waals surface area contributed by atoms with Gasteiger partial charge in [0.05, 0.1) is 11.8 Å². The maximum atomic E-state index is 2.45. The average Bonchev–Trinajstić information content (AvgIpc) is 3.75. The molecule has 0 saturated heterocycles. The van der Waals surface area contributed by atoms with Crippen LogP contribution in [0.3, 0.4) is 0 Å². The molecular formula is C34H44S4. The number of thiophene rings is 4. The van der Waals surface area contributed by atoms with Crippen LogP contribution in [0.25, 0.3) is 0 Å². The van der Waals surface area contributed by atoms with Gasteiger partial charge < -0.3 is 0 Å². The fraction of sp³-hybridized carbons (Fsp3) is 0.529. The lowest BCUT2D eigenvalue weighted by atomic mass is 9.80. The molecule has 0 radical (unpaired) electrons. The zero-order valence-corrected chi connectivity index (χ0v) is 26.9. The van der Waals surface area contributed by atoms with Crippen molar-refractivity contribution in [3.05, 3.63) is 87.5 Å². The van der Waals surface area contributed by atoms with Gasteiger partial charge >= 0.3 is 0 Å². The maximum Gasteiger partial charge on any atom is 0.0542 e. The van der Waals surface area contributed by atoms with Crippen molar-refractivity contribution in [3.8, 4) is 0 Å². The Balaban J connectivity index is 1.40. The molecule has 0 nitrogen and oxygen atoms in total. The Morgan fingerprint density at radius 1 is 0.605 bits per heavy atom. The fourth-order valence-corrected chi connectivity index (χ4v) is 11.0. The van der Waals surface area contributed by atoms with Crippen LogP contribution in [0.15, 0.2) is 47.2 Å². The van der Waals surface area contributed by atoms with Crippen LogP contribution in [0.2, 0.25) is 0 Å². The molecule has 4 atom stereocenters. The summed E-state index contributed by atoms with van der Waals surface area (Å²) in [5.41, 5.74) is 3.12. The first kappa shape index (κ1) is 28.3. The van der Waals surface area contributed by atoms with Crippen LogP contribution < -0.4 is 0 Å². The van der Waals surface area contributed by atoms with E-state index in [1.54, 1.807) is 40.4 Å². The van der Waals surface area contributed by atoms with Crippen LogP contribution in [0, 0.1) is 11.8 Å². The standard InChI is InChI=1S/C34H44S4/c1-5-9-11-23(7-3)21-25-13-15-29(37-25)31-27-17-19-36-34(27)32(28-18-20-35-33(28)31)30-16-14-26(38-30)22-24(8-4)12-10-6-2/h13-20,23-24,31-32H,5-12,21-22H2,1-4H3. The van der Waals surface area contributed by atoms with Gasteiger partial charge in [-0.2, -0.15) is 0 Å². The second-order valence-corrected chi connectivity index (χ2v) is 15.5. The SMILES string of the molecule is CCCCC(CC)Cc1ccc(C2c3ccsc3C(c3ccc(CC(CC)CCCC)s3)c3ccsc32)s1. The Hall–Kier alpha value is -1.20. The van der Waals surface area contributed by atoms with Gasteiger partial charge in [-0.15, -0.1) is 45.3 Å². The minimum Gasteiger partial charge on any atom is -0.148 e. The van der Waals surface area contributed by atoms with E-state index in [1.165, 1.54) is 64.2 Å². The molecule has 204 valence electrons. The second-order valence-electron chi connectivity index (χ2n) is 11.2. The summed E-state index contributed by atoms with van der Waals surface area (Å²) in [6.07, 6.45) is 13.2. The summed E-state index contributed by atoms with van der Waals surface area (Å²) in [7, 11) is 0. The van der Waals surface area contributed by atoms with Gasteiger partial charge in [0.1, 0.15) is 0 Å². The highest BCUT2D eigenvalue weighted by Gasteiger charge is 2.37. The fourth-order valence-electron chi connectivity index (χ4n) is 6.23. The van der Waals surface area contributed by atoms with Gasteiger partial charge in [-0.05, 0) is 83.0 Å². The van der Waals surface area contributed by atoms with Crippen molar-refractivity contribution in [2.45, 2.75) is 104 Å². The first-order valence-corrected chi connectivity index (χ1v) is 18.4. The van der Waals surface area contributed by atoms with Crippen LogP contribution in [0.1, 0.15) is 131 Å². The largest absolute Gasteiger partial charge is 0.148 e. The lowest BCUT2D eigenvalue weighted by Crippen LogP contribution is -2.14. The first-order valence-electron chi connectivity index (χ1n) is 15.0. The highest BCUT2D eigenvalue weighted by atomic mass is 32.1. The molecule has 4 heteroatoms. The zero-order chi connectivity index (χ0) is 26.5. The summed E-state index contributed by atoms with van der Waals surface area (Å²) in [6.45, 7) is 9.37. The highest BCUT2D eigenvalue weighted by molar-refractivity contribution is 7.14. The van der Waals surface area contributed by atoms with E-state index in [0.29, 0.717) is 11.8 Å². The van der Waals surface area contributed by atoms with E-state index in [4.69, 9.17) is 0 Å². The zero-order valence-electron chi connectivity index (χ0n) is 23.6. The molecule has 1 aliphatic rings. The van der Waals surface area contributed by atoms with Crippen LogP contribution in [0.5, 0.6) is 0 Å². The molecule has 0 bridgehead atoms. The van der Waals surface area contributed by atoms with Crippen molar-refractivity contribution in [3.63, 3.8) is 0 Å². The normalized spacial score (nSPS) is 18.3. The molecule has 1 aliphatic carbocycles. The second kappa shape index (κ2) is 13.4. The number of rotatable bonds is 14. The maximum absolute atomic E-state index is 2.45. The third-order valence-corrected chi connectivity index (χ3v) is 12.9. The summed E-state index contributed by atoms with van der Waals surface area (Å²) in [4.78, 5) is 9.41. The summed E-state index contributed by atoms with van der Waals surface area (Å²) in [6, 6.07) is 14.6. The number of fused-ring (bicyclic) bond motifs is 2. The molecule has 0 N–H and O–H groups in total. The molecule has 4 heterocycles. The van der Waals surface area contributed by atoms with Crippen molar-refractivity contribution in [2.24, 2.45) is 11.8 Å². The van der Waals surface area contributed by atoms with Crippen molar-refractivity contribution in [1.29, 1.82) is 0 Å². The number of hydrogen-bond donors (Lipinski definition) is 0. The van der Waals surface area contributed by atoms with Crippen LogP contribution in [-0.2, 0) is 12.8 Å². The molecule has 0 aliphatic heterocycles. The van der Waals surface area contributed by atoms with Gasteiger partial charge in [-0.1, -0.05) is 79.1 Å². The Labute approximate surface area is 247 Å². The molecule has 4 aromatic rings. The molecular weight excluding hydrogens is 537 g/mol. The first-order chi connectivity index (χ1) is 18.7. The third kappa shape index (κ3) is 6.09. The Kier molecular flexibility index (Phi) is 10.0. The summed E-state index contributed by atoms with van der Waals surface area (Å²) in [5, 5.41) is 4.69. The highest BCUT2D eigenvalue weighted by Crippen LogP contribution is 2.54. The Morgan fingerprint density at radius 3 is 1.45 bits per heavy atom. The number of hydrogen-bond acceptors (Lipinski definition) is 4. The van der Waals surface area contributed by atoms with Crippen molar-refractivity contribution < 1.29 is 0 Å². The quantitative estimate of drug-likeness (QED) is 0.122. The third-order valence-electron chi connectivity index (χ3n) is 8.60. The number of unbranched alkanes of at least 4 members (excludes halogenated alkanes) is 2. The summed E-state index contributed by atoms with van der Waals surface area (Å²) >= 11 is 8.12. The average molecular weight is 581 g/mol. The van der Waals surface area contributed by atoms with E-state index in [-0.39, 0.29) is 0 Å². The van der Waals surface area contributed by atoms with E-state index in [9.17, 15) is 0 Å². The predicted octanol–water partition coefficient (Wildman–Crippen LogP) is 12.1. The Bertz CT molecular complexity index is 1130. The van der Waals surface area contributed by atoms with Gasteiger partial charge in [-0.3, -0.25) is 0 Å². The van der Waals surface area contributed by atoms with E-state index < -0.39 is 0 Å². The minimum atomic E-state index is 0.412. The van der Waals surface area contributed by atoms with Gasteiger partial charge in [-0.25, -0.2) is 0 Å². The molecule has 0 fully saturated rings. The summed E-state index contributed by atoms with van der Waals surface area (Å²) in [5.74, 6) is 2.48. The molecule has 0 aromatic carbocycles. The molecule has 0 amide bonds. The van der Waals surface area contributed by atoms with E-state index in [0.717, 1.165) is 11.8 Å². The van der Waals surface area contributed by atoms with Gasteiger partial charge in [0.25, 0.3) is 0 Å². The van der Waals surface area contributed by atoms with E-state index in [2.05, 4.69) is 97.5 Å². The van der Waals surface area contributed by atoms with Gasteiger partial charge in [0, 0.05) is 29.3 Å². The van der Waals surface area contributed by atoms with Gasteiger partial charge in [0.2, 0.25) is 0 Å². The molecule has 5 rings (SSSR count). The van der Waals surface area contributed by atoms with Crippen molar-refractivity contribution in [1.82, 2.24) is 0 Å². The molecule has 0 saturated carbocycles. The predicted molar refractivity (Wildman–Crippen MR) is 173 cm³/mol. The Morgan fingerprint density at radius 2 is 1.05 bits per heavy atom. The lowest BCUT2D eigenvalue weighted by molar-refractivity contribution is 0.452. The topological polar surface area (TPSA) is 0 Å². The minimum absolute atomic E-state index is 0.412. The van der Waals surface area contributed by atoms with Crippen LogP contribution >= 0.6 is 45.3 Å². The molecule has 4 aromatic heterocycles. The van der Waals surface area contributed by atoms with E-state index in [1.807, 2.05) is 22.7 Å². The molecule has 38 heavy (non-hydrogen) atoms. The molecule has 0 spiro atoms.